The molecule has 6 rings (SSSR count). The SMILES string of the molecule is O=c1c2sc3nc(-c4ccco4)c4c(c3c2ncn1Cc1ccccc1Cl)CCC4. The van der Waals surface area contributed by atoms with Crippen LogP contribution in [0, 0.1) is 0 Å². The van der Waals surface area contributed by atoms with Gasteiger partial charge in [0.25, 0.3) is 5.56 Å². The molecule has 0 saturated heterocycles. The van der Waals surface area contributed by atoms with Crippen LogP contribution in [0.25, 0.3) is 31.9 Å². The van der Waals surface area contributed by atoms with E-state index in [4.69, 9.17) is 26.0 Å². The van der Waals surface area contributed by atoms with Crippen LogP contribution < -0.4 is 5.56 Å². The molecule has 0 atom stereocenters. The molecule has 30 heavy (non-hydrogen) atoms. The van der Waals surface area contributed by atoms with E-state index in [2.05, 4.69) is 0 Å². The number of benzene rings is 1. The number of halogens is 1. The Morgan fingerprint density at radius 3 is 2.83 bits per heavy atom. The van der Waals surface area contributed by atoms with Gasteiger partial charge in [0, 0.05) is 10.4 Å². The van der Waals surface area contributed by atoms with Crippen molar-refractivity contribution in [2.24, 2.45) is 0 Å². The fourth-order valence-electron chi connectivity index (χ4n) is 4.33. The Bertz CT molecular complexity index is 1480. The Balaban J connectivity index is 1.58. The van der Waals surface area contributed by atoms with Gasteiger partial charge in [-0.25, -0.2) is 9.97 Å². The van der Waals surface area contributed by atoms with E-state index < -0.39 is 0 Å². The molecular formula is C23H16ClN3O2S. The van der Waals surface area contributed by atoms with Crippen LogP contribution in [0.4, 0.5) is 0 Å². The normalized spacial score (nSPS) is 13.4. The summed E-state index contributed by atoms with van der Waals surface area (Å²) < 4.78 is 7.89. The van der Waals surface area contributed by atoms with E-state index in [1.54, 1.807) is 17.2 Å². The number of hydrogen-bond donors (Lipinski definition) is 0. The molecule has 4 heterocycles. The molecule has 0 radical (unpaired) electrons. The summed E-state index contributed by atoms with van der Waals surface area (Å²) in [7, 11) is 0. The van der Waals surface area contributed by atoms with Gasteiger partial charge in [0.2, 0.25) is 0 Å². The van der Waals surface area contributed by atoms with Crippen molar-refractivity contribution in [3.05, 3.63) is 81.1 Å². The summed E-state index contributed by atoms with van der Waals surface area (Å²) >= 11 is 7.70. The van der Waals surface area contributed by atoms with E-state index in [1.165, 1.54) is 22.5 Å². The third-order valence-corrected chi connectivity index (χ3v) is 7.15. The summed E-state index contributed by atoms with van der Waals surface area (Å²) in [6.07, 6.45) is 6.31. The zero-order chi connectivity index (χ0) is 20.2. The van der Waals surface area contributed by atoms with Gasteiger partial charge in [-0.2, -0.15) is 0 Å². The number of hydrogen-bond acceptors (Lipinski definition) is 5. The number of aromatic nitrogens is 3. The van der Waals surface area contributed by atoms with Gasteiger partial charge in [-0.1, -0.05) is 29.8 Å². The van der Waals surface area contributed by atoms with Crippen LogP contribution in [0.5, 0.6) is 0 Å². The molecule has 7 heteroatoms. The molecule has 5 aromatic rings. The summed E-state index contributed by atoms with van der Waals surface area (Å²) in [4.78, 5) is 23.7. The smallest absolute Gasteiger partial charge is 0.271 e. The topological polar surface area (TPSA) is 60.9 Å². The second-order valence-electron chi connectivity index (χ2n) is 7.48. The molecule has 0 bridgehead atoms. The molecule has 0 fully saturated rings. The molecule has 0 aliphatic heterocycles. The van der Waals surface area contributed by atoms with E-state index in [-0.39, 0.29) is 5.56 Å². The molecule has 0 spiro atoms. The van der Waals surface area contributed by atoms with Gasteiger partial charge in [-0.3, -0.25) is 9.36 Å². The predicted molar refractivity (Wildman–Crippen MR) is 119 cm³/mol. The third-order valence-electron chi connectivity index (χ3n) is 5.72. The van der Waals surface area contributed by atoms with E-state index >= 15 is 0 Å². The maximum Gasteiger partial charge on any atom is 0.271 e. The van der Waals surface area contributed by atoms with Crippen LogP contribution in [-0.4, -0.2) is 14.5 Å². The Hall–Kier alpha value is -2.96. The van der Waals surface area contributed by atoms with Crippen LogP contribution in [0.3, 0.4) is 0 Å². The fraction of sp³-hybridized carbons (Fsp3) is 0.174. The van der Waals surface area contributed by atoms with Gasteiger partial charge in [0.1, 0.15) is 15.2 Å². The molecule has 0 N–H and O–H groups in total. The number of aryl methyl sites for hydroxylation is 1. The lowest BCUT2D eigenvalue weighted by molar-refractivity contribution is 0.579. The predicted octanol–water partition coefficient (Wildman–Crippen LogP) is 5.46. The van der Waals surface area contributed by atoms with E-state index in [1.807, 2.05) is 36.4 Å². The van der Waals surface area contributed by atoms with E-state index in [0.29, 0.717) is 16.3 Å². The Morgan fingerprint density at radius 2 is 2.00 bits per heavy atom. The minimum Gasteiger partial charge on any atom is -0.463 e. The summed E-state index contributed by atoms with van der Waals surface area (Å²) in [5.41, 5.74) is 4.96. The molecule has 1 aliphatic rings. The zero-order valence-corrected chi connectivity index (χ0v) is 17.5. The average molecular weight is 434 g/mol. The van der Waals surface area contributed by atoms with Crippen molar-refractivity contribution in [1.82, 2.24) is 14.5 Å². The highest BCUT2D eigenvalue weighted by atomic mass is 35.5. The second-order valence-corrected chi connectivity index (χ2v) is 8.88. The summed E-state index contributed by atoms with van der Waals surface area (Å²) in [6, 6.07) is 11.4. The zero-order valence-electron chi connectivity index (χ0n) is 15.9. The van der Waals surface area contributed by atoms with Crippen molar-refractivity contribution in [2.75, 3.05) is 0 Å². The molecule has 0 amide bonds. The molecule has 148 valence electrons. The summed E-state index contributed by atoms with van der Waals surface area (Å²) in [6.45, 7) is 0.388. The van der Waals surface area contributed by atoms with Gasteiger partial charge < -0.3 is 4.42 Å². The molecule has 5 nitrogen and oxygen atoms in total. The van der Waals surface area contributed by atoms with Crippen molar-refractivity contribution in [2.45, 2.75) is 25.8 Å². The largest absolute Gasteiger partial charge is 0.463 e. The maximum atomic E-state index is 13.3. The van der Waals surface area contributed by atoms with E-state index in [0.717, 1.165) is 52.0 Å². The third kappa shape index (κ3) is 2.64. The Labute approximate surface area is 180 Å². The highest BCUT2D eigenvalue weighted by molar-refractivity contribution is 7.25. The number of nitrogens with zero attached hydrogens (tertiary/aromatic N) is 3. The Kier molecular flexibility index (Phi) is 4.04. The van der Waals surface area contributed by atoms with Crippen LogP contribution in [-0.2, 0) is 19.4 Å². The van der Waals surface area contributed by atoms with Crippen LogP contribution in [0.15, 0.2) is 58.2 Å². The lowest BCUT2D eigenvalue weighted by Gasteiger charge is -2.08. The van der Waals surface area contributed by atoms with Crippen LogP contribution >= 0.6 is 22.9 Å². The average Bonchev–Trinajstić information content (AvgIpc) is 3.50. The fourth-order valence-corrected chi connectivity index (χ4v) is 5.63. The minimum atomic E-state index is -0.0609. The second kappa shape index (κ2) is 6.79. The Morgan fingerprint density at radius 1 is 1.13 bits per heavy atom. The van der Waals surface area contributed by atoms with Crippen LogP contribution in [0.2, 0.25) is 5.02 Å². The van der Waals surface area contributed by atoms with Crippen molar-refractivity contribution < 1.29 is 4.42 Å². The monoisotopic (exact) mass is 433 g/mol. The highest BCUT2D eigenvalue weighted by Crippen LogP contribution is 2.41. The van der Waals surface area contributed by atoms with Crippen molar-refractivity contribution in [3.8, 4) is 11.5 Å². The number of rotatable bonds is 3. The van der Waals surface area contributed by atoms with E-state index in [9.17, 15) is 4.79 Å². The maximum absolute atomic E-state index is 13.3. The van der Waals surface area contributed by atoms with Gasteiger partial charge in [-0.15, -0.1) is 11.3 Å². The van der Waals surface area contributed by atoms with Gasteiger partial charge >= 0.3 is 0 Å². The quantitative estimate of drug-likeness (QED) is 0.379. The molecular weight excluding hydrogens is 418 g/mol. The first-order valence-electron chi connectivity index (χ1n) is 9.81. The standard InChI is InChI=1S/C23H16ClN3O2S/c24-16-8-2-1-5-13(16)11-27-12-25-20-18-14-6-3-7-15(14)19(17-9-4-10-29-17)26-22(18)30-21(20)23(27)28/h1-2,4-5,8-10,12H,3,6-7,11H2. The van der Waals surface area contributed by atoms with Crippen molar-refractivity contribution in [3.63, 3.8) is 0 Å². The number of thiophene rings is 1. The number of pyridine rings is 1. The van der Waals surface area contributed by atoms with Crippen LogP contribution in [0.1, 0.15) is 23.1 Å². The van der Waals surface area contributed by atoms with Gasteiger partial charge in [0.05, 0.1) is 24.7 Å². The first-order valence-corrected chi connectivity index (χ1v) is 11.0. The molecule has 4 aromatic heterocycles. The molecule has 1 aromatic carbocycles. The lowest BCUT2D eigenvalue weighted by Crippen LogP contribution is -2.20. The molecule has 1 aliphatic carbocycles. The number of fused-ring (bicyclic) bond motifs is 5. The molecule has 0 unspecified atom stereocenters. The first-order chi connectivity index (χ1) is 14.7. The summed E-state index contributed by atoms with van der Waals surface area (Å²) in [5.74, 6) is 0.775. The minimum absolute atomic E-state index is 0.0609. The highest BCUT2D eigenvalue weighted by Gasteiger charge is 2.25. The molecule has 0 saturated carbocycles. The van der Waals surface area contributed by atoms with Crippen molar-refractivity contribution >= 4 is 43.4 Å². The van der Waals surface area contributed by atoms with Gasteiger partial charge in [0.15, 0.2) is 5.76 Å². The first kappa shape index (κ1) is 17.9. The lowest BCUT2D eigenvalue weighted by atomic mass is 10.0. The number of furan rings is 1. The van der Waals surface area contributed by atoms with Crippen molar-refractivity contribution in [1.29, 1.82) is 0 Å². The summed E-state index contributed by atoms with van der Waals surface area (Å²) in [5, 5.41) is 1.67. The van der Waals surface area contributed by atoms with Gasteiger partial charge in [-0.05, 0) is 54.2 Å².